The number of esters is 1. The summed E-state index contributed by atoms with van der Waals surface area (Å²) in [5, 5.41) is 2.81. The lowest BCUT2D eigenvalue weighted by atomic mass is 9.99. The summed E-state index contributed by atoms with van der Waals surface area (Å²) in [6, 6.07) is 26.5. The zero-order chi connectivity index (χ0) is 23.3. The van der Waals surface area contributed by atoms with E-state index in [2.05, 4.69) is 41.7 Å². The smallest absolute Gasteiger partial charge is 0.407 e. The van der Waals surface area contributed by atoms with Gasteiger partial charge in [-0.25, -0.2) is 4.79 Å². The first-order valence-electron chi connectivity index (χ1n) is 11.3. The molecule has 0 atom stereocenters. The Kier molecular flexibility index (Phi) is 9.52. The number of unbranched alkanes of at least 4 members (excludes halogenated alkanes) is 1. The highest BCUT2D eigenvalue weighted by molar-refractivity contribution is 5.70. The highest BCUT2D eigenvalue weighted by atomic mass is 16.5. The number of amides is 1. The molecular formula is C28H31NO4. The lowest BCUT2D eigenvalue weighted by molar-refractivity contribution is -0.140. The van der Waals surface area contributed by atoms with E-state index in [0.29, 0.717) is 19.4 Å². The number of carbonyl (C=O) groups excluding carboxylic acids is 2. The van der Waals surface area contributed by atoms with E-state index in [9.17, 15) is 9.59 Å². The molecule has 172 valence electrons. The minimum absolute atomic E-state index is 0.191. The van der Waals surface area contributed by atoms with Gasteiger partial charge in [0.05, 0.1) is 7.11 Å². The first-order chi connectivity index (χ1) is 16.1. The first kappa shape index (κ1) is 24.1. The Labute approximate surface area is 195 Å². The van der Waals surface area contributed by atoms with Crippen molar-refractivity contribution in [1.82, 2.24) is 5.32 Å². The van der Waals surface area contributed by atoms with E-state index < -0.39 is 0 Å². The molecule has 1 amide bonds. The number of hydrogen-bond donors (Lipinski definition) is 1. The third kappa shape index (κ3) is 8.45. The fourth-order valence-electron chi connectivity index (χ4n) is 3.54. The van der Waals surface area contributed by atoms with E-state index in [1.165, 1.54) is 12.7 Å². The van der Waals surface area contributed by atoms with Gasteiger partial charge in [-0.05, 0) is 53.5 Å². The third-order valence-electron chi connectivity index (χ3n) is 5.43. The van der Waals surface area contributed by atoms with Crippen LogP contribution in [-0.2, 0) is 33.7 Å². The second-order valence-electron chi connectivity index (χ2n) is 7.92. The van der Waals surface area contributed by atoms with Gasteiger partial charge >= 0.3 is 12.1 Å². The van der Waals surface area contributed by atoms with Crippen LogP contribution in [0.15, 0.2) is 78.9 Å². The number of aryl methyl sites for hydroxylation is 2. The van der Waals surface area contributed by atoms with Crippen LogP contribution in [0, 0.1) is 0 Å². The number of methoxy groups -OCH3 is 1. The van der Waals surface area contributed by atoms with Crippen LogP contribution in [-0.4, -0.2) is 25.7 Å². The summed E-state index contributed by atoms with van der Waals surface area (Å²) in [4.78, 5) is 23.2. The first-order valence-corrected chi connectivity index (χ1v) is 11.3. The molecule has 0 unspecified atom stereocenters. The molecule has 0 saturated carbocycles. The van der Waals surface area contributed by atoms with Crippen LogP contribution in [0.4, 0.5) is 4.79 Å². The molecule has 0 aliphatic heterocycles. The van der Waals surface area contributed by atoms with Crippen LogP contribution >= 0.6 is 0 Å². The fourth-order valence-corrected chi connectivity index (χ4v) is 3.54. The Bertz CT molecular complexity index is 1020. The molecule has 0 spiro atoms. The highest BCUT2D eigenvalue weighted by Gasteiger charge is 2.05. The lowest BCUT2D eigenvalue weighted by Gasteiger charge is -2.08. The van der Waals surface area contributed by atoms with E-state index in [1.807, 2.05) is 42.5 Å². The van der Waals surface area contributed by atoms with Gasteiger partial charge in [0, 0.05) is 13.0 Å². The third-order valence-corrected chi connectivity index (χ3v) is 5.43. The number of nitrogens with one attached hydrogen (secondary N) is 1. The Hall–Kier alpha value is -3.60. The molecule has 5 nitrogen and oxygen atoms in total. The average Bonchev–Trinajstić information content (AvgIpc) is 2.87. The SMILES string of the molecule is COC(=O)CCc1cccc(-c2ccc(CCCCNC(=O)OCc3ccccc3)cc2)c1. The van der Waals surface area contributed by atoms with E-state index in [0.717, 1.165) is 41.5 Å². The van der Waals surface area contributed by atoms with Gasteiger partial charge < -0.3 is 14.8 Å². The van der Waals surface area contributed by atoms with Gasteiger partial charge in [-0.15, -0.1) is 0 Å². The minimum Gasteiger partial charge on any atom is -0.469 e. The van der Waals surface area contributed by atoms with Crippen LogP contribution in [0.2, 0.25) is 0 Å². The number of carbonyl (C=O) groups is 2. The molecule has 33 heavy (non-hydrogen) atoms. The van der Waals surface area contributed by atoms with E-state index >= 15 is 0 Å². The van der Waals surface area contributed by atoms with Crippen LogP contribution in [0.3, 0.4) is 0 Å². The lowest BCUT2D eigenvalue weighted by Crippen LogP contribution is -2.25. The number of rotatable bonds is 11. The number of hydrogen-bond acceptors (Lipinski definition) is 4. The summed E-state index contributed by atoms with van der Waals surface area (Å²) in [6.07, 6.45) is 3.52. The van der Waals surface area contributed by atoms with Crippen molar-refractivity contribution in [3.63, 3.8) is 0 Å². The normalized spacial score (nSPS) is 10.5. The van der Waals surface area contributed by atoms with Crippen molar-refractivity contribution in [2.24, 2.45) is 0 Å². The minimum atomic E-state index is -0.378. The van der Waals surface area contributed by atoms with Crippen molar-refractivity contribution in [2.45, 2.75) is 38.7 Å². The highest BCUT2D eigenvalue weighted by Crippen LogP contribution is 2.22. The maximum Gasteiger partial charge on any atom is 0.407 e. The van der Waals surface area contributed by atoms with Gasteiger partial charge in [0.2, 0.25) is 0 Å². The molecule has 0 saturated heterocycles. The Morgan fingerprint density at radius 3 is 2.27 bits per heavy atom. The van der Waals surface area contributed by atoms with E-state index in [1.54, 1.807) is 0 Å². The van der Waals surface area contributed by atoms with Gasteiger partial charge in [0.15, 0.2) is 0 Å². The molecule has 3 rings (SSSR count). The number of ether oxygens (including phenoxy) is 2. The Balaban J connectivity index is 1.37. The van der Waals surface area contributed by atoms with Gasteiger partial charge in [0.25, 0.3) is 0 Å². The largest absolute Gasteiger partial charge is 0.469 e. The maximum absolute atomic E-state index is 11.8. The molecule has 0 aromatic heterocycles. The quantitative estimate of drug-likeness (QED) is 0.303. The summed E-state index contributed by atoms with van der Waals surface area (Å²) in [5.41, 5.74) is 5.66. The second kappa shape index (κ2) is 13.1. The average molecular weight is 446 g/mol. The molecule has 0 bridgehead atoms. The Morgan fingerprint density at radius 2 is 1.52 bits per heavy atom. The summed E-state index contributed by atoms with van der Waals surface area (Å²) < 4.78 is 9.94. The van der Waals surface area contributed by atoms with Gasteiger partial charge in [-0.3, -0.25) is 4.79 Å². The van der Waals surface area contributed by atoms with Crippen LogP contribution in [0.25, 0.3) is 11.1 Å². The predicted molar refractivity (Wildman–Crippen MR) is 130 cm³/mol. The molecule has 0 fully saturated rings. The second-order valence-corrected chi connectivity index (χ2v) is 7.92. The van der Waals surface area contributed by atoms with E-state index in [-0.39, 0.29) is 18.7 Å². The number of benzene rings is 3. The van der Waals surface area contributed by atoms with Crippen molar-refractivity contribution < 1.29 is 19.1 Å². The zero-order valence-electron chi connectivity index (χ0n) is 19.1. The number of alkyl carbamates (subject to hydrolysis) is 1. The predicted octanol–water partition coefficient (Wildman–Crippen LogP) is 5.71. The van der Waals surface area contributed by atoms with Gasteiger partial charge in [-0.1, -0.05) is 78.9 Å². The Morgan fingerprint density at radius 1 is 0.758 bits per heavy atom. The van der Waals surface area contributed by atoms with Crippen LogP contribution in [0.5, 0.6) is 0 Å². The molecule has 0 radical (unpaired) electrons. The topological polar surface area (TPSA) is 64.6 Å². The molecule has 1 N–H and O–H groups in total. The van der Waals surface area contributed by atoms with Crippen molar-refractivity contribution in [3.8, 4) is 11.1 Å². The van der Waals surface area contributed by atoms with E-state index in [4.69, 9.17) is 9.47 Å². The summed E-state index contributed by atoms with van der Waals surface area (Å²) in [5.74, 6) is -0.191. The van der Waals surface area contributed by atoms with Gasteiger partial charge in [0.1, 0.15) is 6.61 Å². The zero-order valence-corrected chi connectivity index (χ0v) is 19.1. The van der Waals surface area contributed by atoms with Crippen molar-refractivity contribution in [2.75, 3.05) is 13.7 Å². The van der Waals surface area contributed by atoms with Crippen molar-refractivity contribution >= 4 is 12.1 Å². The van der Waals surface area contributed by atoms with Crippen LogP contribution < -0.4 is 5.32 Å². The van der Waals surface area contributed by atoms with Crippen LogP contribution in [0.1, 0.15) is 36.0 Å². The molecule has 5 heteroatoms. The maximum atomic E-state index is 11.8. The summed E-state index contributed by atoms with van der Waals surface area (Å²) in [6.45, 7) is 0.886. The standard InChI is InChI=1S/C28H31NO4/c1-32-27(30)18-15-23-11-7-12-26(20-23)25-16-13-22(14-17-25)8-5-6-19-29-28(31)33-21-24-9-3-2-4-10-24/h2-4,7,9-14,16-17,20H,5-6,8,15,18-19,21H2,1H3,(H,29,31). The molecule has 0 aliphatic rings. The molecule has 0 heterocycles. The summed E-state index contributed by atoms with van der Waals surface area (Å²) in [7, 11) is 1.41. The summed E-state index contributed by atoms with van der Waals surface area (Å²) >= 11 is 0. The fraction of sp³-hybridized carbons (Fsp3) is 0.286. The molecule has 3 aromatic carbocycles. The monoisotopic (exact) mass is 445 g/mol. The van der Waals surface area contributed by atoms with Crippen molar-refractivity contribution in [3.05, 3.63) is 95.6 Å². The van der Waals surface area contributed by atoms with Gasteiger partial charge in [-0.2, -0.15) is 0 Å². The van der Waals surface area contributed by atoms with Crippen molar-refractivity contribution in [1.29, 1.82) is 0 Å². The molecular weight excluding hydrogens is 414 g/mol. The molecule has 0 aliphatic carbocycles. The molecule has 3 aromatic rings.